The van der Waals surface area contributed by atoms with Crippen molar-refractivity contribution in [1.82, 2.24) is 9.97 Å². The van der Waals surface area contributed by atoms with Gasteiger partial charge >= 0.3 is 0 Å². The maximum absolute atomic E-state index is 4.39. The summed E-state index contributed by atoms with van der Waals surface area (Å²) >= 11 is 0. The van der Waals surface area contributed by atoms with Gasteiger partial charge in [0.05, 0.1) is 0 Å². The zero-order valence-corrected chi connectivity index (χ0v) is 9.59. The van der Waals surface area contributed by atoms with Gasteiger partial charge in [-0.25, -0.2) is 4.98 Å². The maximum Gasteiger partial charge on any atom is 0.224 e. The van der Waals surface area contributed by atoms with Crippen LogP contribution in [0.3, 0.4) is 0 Å². The van der Waals surface area contributed by atoms with Crippen molar-refractivity contribution in [3.63, 3.8) is 0 Å². The molecule has 1 fully saturated rings. The molecule has 1 aromatic rings. The fourth-order valence-electron chi connectivity index (χ4n) is 1.43. The lowest BCUT2D eigenvalue weighted by Crippen LogP contribution is -2.14. The van der Waals surface area contributed by atoms with E-state index in [1.54, 1.807) is 0 Å². The molecular formula is C11H18N4. The minimum atomic E-state index is 0.497. The number of anilines is 2. The van der Waals surface area contributed by atoms with Gasteiger partial charge < -0.3 is 10.6 Å². The summed E-state index contributed by atoms with van der Waals surface area (Å²) in [6, 6.07) is 0. The van der Waals surface area contributed by atoms with Gasteiger partial charge in [0.15, 0.2) is 0 Å². The van der Waals surface area contributed by atoms with E-state index in [2.05, 4.69) is 27.5 Å². The Kier molecular flexibility index (Phi) is 2.50. The van der Waals surface area contributed by atoms with E-state index in [9.17, 15) is 0 Å². The summed E-state index contributed by atoms with van der Waals surface area (Å²) in [7, 11) is 1.83. The SMILES string of the molecule is CNc1ncc(C)c(NCC2(C)CC2)n1. The van der Waals surface area contributed by atoms with Crippen LogP contribution in [0.5, 0.6) is 0 Å². The zero-order valence-electron chi connectivity index (χ0n) is 9.59. The van der Waals surface area contributed by atoms with Gasteiger partial charge in [0.25, 0.3) is 0 Å². The van der Waals surface area contributed by atoms with Crippen LogP contribution in [-0.4, -0.2) is 23.6 Å². The van der Waals surface area contributed by atoms with Crippen LogP contribution in [0.4, 0.5) is 11.8 Å². The van der Waals surface area contributed by atoms with Crippen LogP contribution < -0.4 is 10.6 Å². The highest BCUT2D eigenvalue weighted by molar-refractivity contribution is 5.46. The fourth-order valence-corrected chi connectivity index (χ4v) is 1.43. The molecule has 2 N–H and O–H groups in total. The van der Waals surface area contributed by atoms with Crippen LogP contribution in [-0.2, 0) is 0 Å². The average molecular weight is 206 g/mol. The van der Waals surface area contributed by atoms with Crippen molar-refractivity contribution in [1.29, 1.82) is 0 Å². The van der Waals surface area contributed by atoms with Crippen molar-refractivity contribution in [3.8, 4) is 0 Å². The molecule has 1 heterocycles. The second kappa shape index (κ2) is 3.68. The molecule has 0 aliphatic heterocycles. The Morgan fingerprint density at radius 2 is 2.20 bits per heavy atom. The lowest BCUT2D eigenvalue weighted by molar-refractivity contribution is 0.609. The highest BCUT2D eigenvalue weighted by Gasteiger charge is 2.36. The van der Waals surface area contributed by atoms with Gasteiger partial charge in [0, 0.05) is 25.4 Å². The Labute approximate surface area is 90.5 Å². The van der Waals surface area contributed by atoms with Gasteiger partial charge in [0.1, 0.15) is 5.82 Å². The standard InChI is InChI=1S/C11H18N4/c1-8-6-13-10(12-3)15-9(8)14-7-11(2)4-5-11/h6H,4-5,7H2,1-3H3,(H2,12,13,14,15). The molecule has 1 aliphatic carbocycles. The Balaban J connectivity index is 2.05. The normalized spacial score (nSPS) is 17.3. The number of hydrogen-bond donors (Lipinski definition) is 2. The maximum atomic E-state index is 4.39. The molecule has 2 rings (SSSR count). The van der Waals surface area contributed by atoms with E-state index in [4.69, 9.17) is 0 Å². The predicted molar refractivity (Wildman–Crippen MR) is 62.1 cm³/mol. The van der Waals surface area contributed by atoms with E-state index in [0.29, 0.717) is 11.4 Å². The summed E-state index contributed by atoms with van der Waals surface area (Å²) in [6.07, 6.45) is 4.49. The Hall–Kier alpha value is -1.32. The quantitative estimate of drug-likeness (QED) is 0.791. The van der Waals surface area contributed by atoms with Crippen molar-refractivity contribution in [3.05, 3.63) is 11.8 Å². The minimum absolute atomic E-state index is 0.497. The van der Waals surface area contributed by atoms with E-state index < -0.39 is 0 Å². The Morgan fingerprint density at radius 1 is 1.47 bits per heavy atom. The molecule has 0 unspecified atom stereocenters. The summed E-state index contributed by atoms with van der Waals surface area (Å²) in [5, 5.41) is 6.34. The van der Waals surface area contributed by atoms with Crippen molar-refractivity contribution in [2.24, 2.45) is 5.41 Å². The third-order valence-corrected chi connectivity index (χ3v) is 2.98. The van der Waals surface area contributed by atoms with Crippen LogP contribution in [0.1, 0.15) is 25.3 Å². The van der Waals surface area contributed by atoms with Gasteiger partial charge in [-0.2, -0.15) is 4.98 Å². The van der Waals surface area contributed by atoms with Gasteiger partial charge in [-0.3, -0.25) is 0 Å². The van der Waals surface area contributed by atoms with Gasteiger partial charge in [-0.15, -0.1) is 0 Å². The van der Waals surface area contributed by atoms with Crippen LogP contribution >= 0.6 is 0 Å². The number of hydrogen-bond acceptors (Lipinski definition) is 4. The van der Waals surface area contributed by atoms with Gasteiger partial charge in [-0.05, 0) is 25.2 Å². The van der Waals surface area contributed by atoms with Crippen molar-refractivity contribution < 1.29 is 0 Å². The van der Waals surface area contributed by atoms with E-state index in [1.807, 2.05) is 20.2 Å². The fraction of sp³-hybridized carbons (Fsp3) is 0.636. The van der Waals surface area contributed by atoms with Crippen molar-refractivity contribution in [2.45, 2.75) is 26.7 Å². The first-order chi connectivity index (χ1) is 7.13. The largest absolute Gasteiger partial charge is 0.369 e. The highest BCUT2D eigenvalue weighted by atomic mass is 15.1. The summed E-state index contributed by atoms with van der Waals surface area (Å²) in [6.45, 7) is 5.33. The molecule has 0 aromatic carbocycles. The van der Waals surface area contributed by atoms with E-state index in [0.717, 1.165) is 17.9 Å². The van der Waals surface area contributed by atoms with Crippen molar-refractivity contribution in [2.75, 3.05) is 24.2 Å². The van der Waals surface area contributed by atoms with Crippen LogP contribution in [0.25, 0.3) is 0 Å². The molecule has 0 saturated heterocycles. The lowest BCUT2D eigenvalue weighted by atomic mass is 10.1. The average Bonchev–Trinajstić information content (AvgIpc) is 2.96. The number of nitrogens with one attached hydrogen (secondary N) is 2. The molecule has 0 amide bonds. The number of aromatic nitrogens is 2. The molecule has 15 heavy (non-hydrogen) atoms. The molecular weight excluding hydrogens is 188 g/mol. The molecule has 1 aromatic heterocycles. The van der Waals surface area contributed by atoms with Gasteiger partial charge in [0.2, 0.25) is 5.95 Å². The molecule has 0 atom stereocenters. The molecule has 4 nitrogen and oxygen atoms in total. The monoisotopic (exact) mass is 206 g/mol. The summed E-state index contributed by atoms with van der Waals surface area (Å²) in [5.74, 6) is 1.62. The molecule has 82 valence electrons. The first-order valence-corrected chi connectivity index (χ1v) is 5.38. The third kappa shape index (κ3) is 2.37. The molecule has 1 aliphatic rings. The first kappa shape index (κ1) is 10.2. The molecule has 0 radical (unpaired) electrons. The first-order valence-electron chi connectivity index (χ1n) is 5.38. The molecule has 0 spiro atoms. The summed E-state index contributed by atoms with van der Waals surface area (Å²) in [4.78, 5) is 8.54. The number of aryl methyl sites for hydroxylation is 1. The zero-order chi connectivity index (χ0) is 10.9. The minimum Gasteiger partial charge on any atom is -0.369 e. The molecule has 4 heteroatoms. The number of rotatable bonds is 4. The smallest absolute Gasteiger partial charge is 0.224 e. The Bertz CT molecular complexity index is 358. The summed E-state index contributed by atoms with van der Waals surface area (Å²) in [5.41, 5.74) is 1.59. The second-order valence-electron chi connectivity index (χ2n) is 4.64. The van der Waals surface area contributed by atoms with Crippen molar-refractivity contribution >= 4 is 11.8 Å². The van der Waals surface area contributed by atoms with Gasteiger partial charge in [-0.1, -0.05) is 6.92 Å². The van der Waals surface area contributed by atoms with E-state index in [-0.39, 0.29) is 0 Å². The topological polar surface area (TPSA) is 49.8 Å². The second-order valence-corrected chi connectivity index (χ2v) is 4.64. The van der Waals surface area contributed by atoms with Crippen LogP contribution in [0.15, 0.2) is 6.20 Å². The van der Waals surface area contributed by atoms with E-state index >= 15 is 0 Å². The lowest BCUT2D eigenvalue weighted by Gasteiger charge is -2.13. The van der Waals surface area contributed by atoms with Crippen LogP contribution in [0.2, 0.25) is 0 Å². The predicted octanol–water partition coefficient (Wildman–Crippen LogP) is 2.04. The molecule has 1 saturated carbocycles. The Morgan fingerprint density at radius 3 is 2.80 bits per heavy atom. The highest BCUT2D eigenvalue weighted by Crippen LogP contribution is 2.44. The summed E-state index contributed by atoms with van der Waals surface area (Å²) < 4.78 is 0. The van der Waals surface area contributed by atoms with E-state index in [1.165, 1.54) is 12.8 Å². The van der Waals surface area contributed by atoms with Crippen LogP contribution in [0, 0.1) is 12.3 Å². The molecule has 0 bridgehead atoms. The third-order valence-electron chi connectivity index (χ3n) is 2.98. The number of nitrogens with zero attached hydrogens (tertiary/aromatic N) is 2.